The van der Waals surface area contributed by atoms with E-state index < -0.39 is 30.4 Å². The molecule has 0 bridgehead atoms. The van der Waals surface area contributed by atoms with E-state index >= 15 is 0 Å². The number of aliphatic carboxylic acids is 2. The van der Waals surface area contributed by atoms with Gasteiger partial charge >= 0.3 is 18.0 Å². The smallest absolute Gasteiger partial charge is 0.326 e. The van der Waals surface area contributed by atoms with Gasteiger partial charge in [-0.15, -0.1) is 0 Å². The summed E-state index contributed by atoms with van der Waals surface area (Å²) in [5, 5.41) is 21.8. The number of rotatable bonds is 5. The molecule has 0 spiro atoms. The molecular formula is C11H13N3O5. The number of nitrogens with zero attached hydrogens (tertiary/aromatic N) is 1. The second-order valence-electron chi connectivity index (χ2n) is 3.72. The van der Waals surface area contributed by atoms with Gasteiger partial charge in [0.1, 0.15) is 6.04 Å². The number of nitrogens with one attached hydrogen (secondary N) is 2. The fourth-order valence-corrected chi connectivity index (χ4v) is 1.31. The molecule has 1 aromatic heterocycles. The van der Waals surface area contributed by atoms with Crippen LogP contribution in [0.2, 0.25) is 0 Å². The number of hydrogen-bond acceptors (Lipinski definition) is 4. The van der Waals surface area contributed by atoms with Crippen LogP contribution >= 0.6 is 0 Å². The highest BCUT2D eigenvalue weighted by Gasteiger charge is 2.23. The monoisotopic (exact) mass is 267 g/mol. The van der Waals surface area contributed by atoms with E-state index in [1.165, 1.54) is 0 Å². The lowest BCUT2D eigenvalue weighted by Crippen LogP contribution is -2.44. The minimum absolute atomic E-state index is 0.416. The van der Waals surface area contributed by atoms with Crippen LogP contribution < -0.4 is 10.6 Å². The number of carboxylic acids is 2. The van der Waals surface area contributed by atoms with Gasteiger partial charge in [0.2, 0.25) is 0 Å². The van der Waals surface area contributed by atoms with E-state index in [0.717, 1.165) is 0 Å². The summed E-state index contributed by atoms with van der Waals surface area (Å²) in [6, 6.07) is 0.905. The number of aromatic nitrogens is 1. The van der Waals surface area contributed by atoms with Crippen molar-refractivity contribution in [3.05, 3.63) is 24.0 Å². The molecule has 1 heterocycles. The minimum Gasteiger partial charge on any atom is -0.481 e. The molecule has 8 heteroatoms. The van der Waals surface area contributed by atoms with Crippen molar-refractivity contribution in [1.82, 2.24) is 10.3 Å². The average molecular weight is 267 g/mol. The van der Waals surface area contributed by atoms with Crippen molar-refractivity contribution in [1.29, 1.82) is 0 Å². The second-order valence-corrected chi connectivity index (χ2v) is 3.72. The highest BCUT2D eigenvalue weighted by Crippen LogP contribution is 2.09. The number of urea groups is 1. The van der Waals surface area contributed by atoms with Gasteiger partial charge in [-0.05, 0) is 19.1 Å². The molecular weight excluding hydrogens is 254 g/mol. The molecule has 4 N–H and O–H groups in total. The summed E-state index contributed by atoms with van der Waals surface area (Å²) < 4.78 is 0. The van der Waals surface area contributed by atoms with Gasteiger partial charge in [0.15, 0.2) is 0 Å². The van der Waals surface area contributed by atoms with Crippen LogP contribution in [0.4, 0.5) is 10.5 Å². The van der Waals surface area contributed by atoms with Crippen LogP contribution in [0, 0.1) is 6.92 Å². The van der Waals surface area contributed by atoms with Gasteiger partial charge < -0.3 is 20.8 Å². The Balaban J connectivity index is 2.65. The van der Waals surface area contributed by atoms with Crippen LogP contribution in [0.3, 0.4) is 0 Å². The normalized spacial score (nSPS) is 11.4. The summed E-state index contributed by atoms with van der Waals surface area (Å²) in [5.74, 6) is -2.73. The quantitative estimate of drug-likeness (QED) is 0.612. The largest absolute Gasteiger partial charge is 0.481 e. The predicted octanol–water partition coefficient (Wildman–Crippen LogP) is 0.439. The number of aryl methyl sites for hydroxylation is 1. The zero-order chi connectivity index (χ0) is 14.4. The van der Waals surface area contributed by atoms with Crippen LogP contribution in [0.5, 0.6) is 0 Å². The fourth-order valence-electron chi connectivity index (χ4n) is 1.31. The zero-order valence-corrected chi connectivity index (χ0v) is 10.1. The Labute approximate surface area is 108 Å². The van der Waals surface area contributed by atoms with Crippen molar-refractivity contribution < 1.29 is 24.6 Å². The van der Waals surface area contributed by atoms with E-state index in [1.54, 1.807) is 25.3 Å². The molecule has 0 aliphatic carbocycles. The molecule has 1 unspecified atom stereocenters. The van der Waals surface area contributed by atoms with E-state index in [0.29, 0.717) is 11.4 Å². The summed E-state index contributed by atoms with van der Waals surface area (Å²) in [6.07, 6.45) is 0.845. The molecule has 1 rings (SSSR count). The Morgan fingerprint density at radius 2 is 2.05 bits per heavy atom. The Morgan fingerprint density at radius 1 is 1.37 bits per heavy atom. The number of carboxylic acid groups (broad SMARTS) is 2. The van der Waals surface area contributed by atoms with E-state index in [9.17, 15) is 14.4 Å². The van der Waals surface area contributed by atoms with E-state index in [1.807, 2.05) is 0 Å². The van der Waals surface area contributed by atoms with Crippen molar-refractivity contribution in [3.8, 4) is 0 Å². The molecule has 0 aliphatic heterocycles. The molecule has 0 fully saturated rings. The summed E-state index contributed by atoms with van der Waals surface area (Å²) in [6.45, 7) is 1.67. The maximum Gasteiger partial charge on any atom is 0.326 e. The third-order valence-corrected chi connectivity index (χ3v) is 2.24. The topological polar surface area (TPSA) is 129 Å². The highest BCUT2D eigenvalue weighted by atomic mass is 16.4. The molecule has 0 saturated carbocycles. The lowest BCUT2D eigenvalue weighted by molar-refractivity contribution is -0.145. The number of amides is 2. The summed E-state index contributed by atoms with van der Waals surface area (Å²) >= 11 is 0. The second kappa shape index (κ2) is 6.34. The first-order valence-electron chi connectivity index (χ1n) is 5.34. The van der Waals surface area contributed by atoms with Gasteiger partial charge in [0.05, 0.1) is 17.8 Å². The zero-order valence-electron chi connectivity index (χ0n) is 10.1. The Bertz CT molecular complexity index is 503. The number of hydrogen-bond donors (Lipinski definition) is 4. The van der Waals surface area contributed by atoms with Crippen LogP contribution in [0.15, 0.2) is 18.3 Å². The van der Waals surface area contributed by atoms with Crippen LogP contribution in [-0.4, -0.2) is 39.2 Å². The van der Waals surface area contributed by atoms with E-state index in [4.69, 9.17) is 10.2 Å². The number of carbonyl (C=O) groups excluding carboxylic acids is 1. The van der Waals surface area contributed by atoms with Crippen molar-refractivity contribution in [2.45, 2.75) is 19.4 Å². The molecule has 0 saturated heterocycles. The van der Waals surface area contributed by atoms with Gasteiger partial charge in [0.25, 0.3) is 0 Å². The van der Waals surface area contributed by atoms with Crippen LogP contribution in [0.25, 0.3) is 0 Å². The Kier molecular flexibility index (Phi) is 4.81. The minimum atomic E-state index is -1.49. The average Bonchev–Trinajstić information content (AvgIpc) is 2.30. The molecule has 2 amide bonds. The van der Waals surface area contributed by atoms with Crippen molar-refractivity contribution in [3.63, 3.8) is 0 Å². The standard InChI is InChI=1S/C11H13N3O5/c1-6-7(3-2-4-12-6)13-11(19)14-8(10(17)18)5-9(15)16/h2-4,8H,5H2,1H3,(H,15,16)(H,17,18)(H2,13,14,19). The van der Waals surface area contributed by atoms with E-state index in [-0.39, 0.29) is 0 Å². The number of anilines is 1. The fraction of sp³-hybridized carbons (Fsp3) is 0.273. The van der Waals surface area contributed by atoms with Crippen LogP contribution in [-0.2, 0) is 9.59 Å². The van der Waals surface area contributed by atoms with Gasteiger partial charge in [-0.2, -0.15) is 0 Å². The van der Waals surface area contributed by atoms with Gasteiger partial charge in [-0.1, -0.05) is 0 Å². The maximum atomic E-state index is 11.6. The Hall–Kier alpha value is -2.64. The van der Waals surface area contributed by atoms with Gasteiger partial charge in [0, 0.05) is 6.20 Å². The summed E-state index contributed by atoms with van der Waals surface area (Å²) in [7, 11) is 0. The summed E-state index contributed by atoms with van der Waals surface area (Å²) in [4.78, 5) is 36.7. The molecule has 8 nitrogen and oxygen atoms in total. The van der Waals surface area contributed by atoms with Crippen LogP contribution in [0.1, 0.15) is 12.1 Å². The number of pyridine rings is 1. The molecule has 1 atom stereocenters. The SMILES string of the molecule is Cc1ncccc1NC(=O)NC(CC(=O)O)C(=O)O. The summed E-state index contributed by atoms with van der Waals surface area (Å²) in [5.41, 5.74) is 0.974. The molecule has 0 aromatic carbocycles. The van der Waals surface area contributed by atoms with Crippen molar-refractivity contribution in [2.75, 3.05) is 5.32 Å². The van der Waals surface area contributed by atoms with Crippen molar-refractivity contribution in [2.24, 2.45) is 0 Å². The van der Waals surface area contributed by atoms with Gasteiger partial charge in [-0.25, -0.2) is 9.59 Å². The molecule has 19 heavy (non-hydrogen) atoms. The molecule has 102 valence electrons. The van der Waals surface area contributed by atoms with E-state index in [2.05, 4.69) is 15.6 Å². The molecule has 0 aliphatic rings. The van der Waals surface area contributed by atoms with Gasteiger partial charge in [-0.3, -0.25) is 9.78 Å². The third-order valence-electron chi connectivity index (χ3n) is 2.24. The third kappa shape index (κ3) is 4.62. The molecule has 0 radical (unpaired) electrons. The predicted molar refractivity (Wildman–Crippen MR) is 64.8 cm³/mol. The van der Waals surface area contributed by atoms with Crippen molar-refractivity contribution >= 4 is 23.7 Å². The maximum absolute atomic E-state index is 11.6. The highest BCUT2D eigenvalue weighted by molar-refractivity contribution is 5.93. The first kappa shape index (κ1) is 14.4. The first-order chi connectivity index (χ1) is 8.90. The lowest BCUT2D eigenvalue weighted by Gasteiger charge is -2.13. The lowest BCUT2D eigenvalue weighted by atomic mass is 10.2. The first-order valence-corrected chi connectivity index (χ1v) is 5.34. The Morgan fingerprint density at radius 3 is 2.58 bits per heavy atom. The molecule has 1 aromatic rings. The number of carbonyl (C=O) groups is 3.